The molecule has 1 aliphatic heterocycles. The second kappa shape index (κ2) is 9.59. The number of aromatic nitrogens is 6. The van der Waals surface area contributed by atoms with E-state index in [-0.39, 0.29) is 12.1 Å². The standard InChI is InChI=1S/C28H24F2N8O/c29-20-7-8-21-24(23(20)30)34-22(33-21)14-31-26-25-27(36-28(35-26)37-9-11-39-12-10-37)38(16-32-25)15-17-5-6-18-3-1-2-4-19(18)13-17/h1-8,13,16H,9-12,14-15H2,(H,33,34)(H,31,35,36). The molecule has 1 fully saturated rings. The highest BCUT2D eigenvalue weighted by atomic mass is 19.2. The van der Waals surface area contributed by atoms with Crippen LogP contribution in [0.3, 0.4) is 0 Å². The zero-order valence-corrected chi connectivity index (χ0v) is 20.9. The number of ether oxygens (including phenoxy) is 1. The van der Waals surface area contributed by atoms with Crippen molar-refractivity contribution >= 4 is 44.7 Å². The summed E-state index contributed by atoms with van der Waals surface area (Å²) in [5.41, 5.74) is 2.83. The number of hydrogen-bond acceptors (Lipinski definition) is 7. The van der Waals surface area contributed by atoms with Gasteiger partial charge in [-0.1, -0.05) is 36.4 Å². The van der Waals surface area contributed by atoms with Crippen LogP contribution in [0.15, 0.2) is 60.9 Å². The maximum Gasteiger partial charge on any atom is 0.229 e. The van der Waals surface area contributed by atoms with Crippen LogP contribution < -0.4 is 10.2 Å². The van der Waals surface area contributed by atoms with Gasteiger partial charge in [0, 0.05) is 13.1 Å². The number of nitrogens with zero attached hydrogens (tertiary/aromatic N) is 6. The minimum atomic E-state index is -0.971. The Morgan fingerprint density at radius 2 is 1.77 bits per heavy atom. The van der Waals surface area contributed by atoms with Gasteiger partial charge in [-0.2, -0.15) is 9.97 Å². The van der Waals surface area contributed by atoms with Crippen LogP contribution in [0.2, 0.25) is 0 Å². The second-order valence-corrected chi connectivity index (χ2v) is 9.49. The number of anilines is 2. The number of rotatable bonds is 6. The van der Waals surface area contributed by atoms with Gasteiger partial charge in [0.05, 0.1) is 38.1 Å². The smallest absolute Gasteiger partial charge is 0.229 e. The van der Waals surface area contributed by atoms with Crippen molar-refractivity contribution in [3.8, 4) is 0 Å². The molecule has 3 aromatic carbocycles. The molecular formula is C28H24F2N8O. The van der Waals surface area contributed by atoms with Gasteiger partial charge in [0.25, 0.3) is 0 Å². The molecule has 2 N–H and O–H groups in total. The van der Waals surface area contributed by atoms with E-state index < -0.39 is 11.6 Å². The first-order valence-corrected chi connectivity index (χ1v) is 12.7. The summed E-state index contributed by atoms with van der Waals surface area (Å²) in [7, 11) is 0. The van der Waals surface area contributed by atoms with Gasteiger partial charge in [-0.25, -0.2) is 18.7 Å². The molecular weight excluding hydrogens is 502 g/mol. The Morgan fingerprint density at radius 1 is 0.923 bits per heavy atom. The number of H-pyrrole nitrogens is 1. The molecule has 0 atom stereocenters. The summed E-state index contributed by atoms with van der Waals surface area (Å²) in [4.78, 5) is 23.7. The molecule has 0 spiro atoms. The minimum Gasteiger partial charge on any atom is -0.378 e. The first-order valence-electron chi connectivity index (χ1n) is 12.7. The molecule has 0 radical (unpaired) electrons. The van der Waals surface area contributed by atoms with Crippen molar-refractivity contribution in [2.75, 3.05) is 36.5 Å². The fraction of sp³-hybridized carbons (Fsp3) is 0.214. The molecule has 1 aliphatic rings. The molecule has 11 heteroatoms. The summed E-state index contributed by atoms with van der Waals surface area (Å²) in [5, 5.41) is 5.65. The summed E-state index contributed by atoms with van der Waals surface area (Å²) in [6.45, 7) is 3.36. The molecule has 7 rings (SSSR count). The lowest BCUT2D eigenvalue weighted by atomic mass is 10.1. The monoisotopic (exact) mass is 526 g/mol. The lowest BCUT2D eigenvalue weighted by Gasteiger charge is -2.27. The number of imidazole rings is 2. The van der Waals surface area contributed by atoms with Gasteiger partial charge in [0.1, 0.15) is 11.3 Å². The molecule has 39 heavy (non-hydrogen) atoms. The Labute approximate surface area is 221 Å². The van der Waals surface area contributed by atoms with E-state index in [1.807, 2.05) is 16.7 Å². The second-order valence-electron chi connectivity index (χ2n) is 9.49. The van der Waals surface area contributed by atoms with E-state index in [0.717, 1.165) is 11.6 Å². The largest absolute Gasteiger partial charge is 0.378 e. The minimum absolute atomic E-state index is 0.0340. The fourth-order valence-electron chi connectivity index (χ4n) is 4.93. The van der Waals surface area contributed by atoms with E-state index in [0.29, 0.717) is 67.1 Å². The Morgan fingerprint density at radius 3 is 2.64 bits per heavy atom. The van der Waals surface area contributed by atoms with E-state index in [1.54, 1.807) is 6.33 Å². The van der Waals surface area contributed by atoms with Gasteiger partial charge in [-0.15, -0.1) is 0 Å². The molecule has 0 saturated carbocycles. The van der Waals surface area contributed by atoms with Crippen LogP contribution in [0, 0.1) is 11.6 Å². The number of hydrogen-bond donors (Lipinski definition) is 2. The van der Waals surface area contributed by atoms with Crippen molar-refractivity contribution in [3.63, 3.8) is 0 Å². The quantitative estimate of drug-likeness (QED) is 0.327. The number of aromatic amines is 1. The van der Waals surface area contributed by atoms with Crippen LogP contribution >= 0.6 is 0 Å². The molecule has 0 amide bonds. The van der Waals surface area contributed by atoms with Crippen molar-refractivity contribution < 1.29 is 13.5 Å². The summed E-state index contributed by atoms with van der Waals surface area (Å²) in [6.07, 6.45) is 1.77. The molecule has 3 aromatic heterocycles. The summed E-state index contributed by atoms with van der Waals surface area (Å²) < 4.78 is 35.4. The molecule has 0 aliphatic carbocycles. The summed E-state index contributed by atoms with van der Waals surface area (Å²) in [6, 6.07) is 17.2. The molecule has 196 valence electrons. The van der Waals surface area contributed by atoms with Crippen molar-refractivity contribution in [3.05, 3.63) is 83.9 Å². The Kier molecular flexibility index (Phi) is 5.77. The van der Waals surface area contributed by atoms with Crippen molar-refractivity contribution in [1.82, 2.24) is 29.5 Å². The van der Waals surface area contributed by atoms with Crippen LogP contribution in [0.4, 0.5) is 20.5 Å². The number of nitrogens with one attached hydrogen (secondary N) is 2. The third kappa shape index (κ3) is 4.40. The average molecular weight is 527 g/mol. The van der Waals surface area contributed by atoms with Gasteiger partial charge in [-0.3, -0.25) is 0 Å². The van der Waals surface area contributed by atoms with Crippen LogP contribution in [0.25, 0.3) is 33.0 Å². The lowest BCUT2D eigenvalue weighted by molar-refractivity contribution is 0.122. The maximum atomic E-state index is 14.2. The molecule has 0 bridgehead atoms. The maximum absolute atomic E-state index is 14.2. The SMILES string of the molecule is Fc1ccc2[nH]c(CNc3nc(N4CCOCC4)nc4c3ncn4Cc3ccc4ccccc4c3)nc2c1F. The molecule has 9 nitrogen and oxygen atoms in total. The third-order valence-corrected chi connectivity index (χ3v) is 6.93. The predicted molar refractivity (Wildman–Crippen MR) is 145 cm³/mol. The van der Waals surface area contributed by atoms with Crippen molar-refractivity contribution in [2.24, 2.45) is 0 Å². The van der Waals surface area contributed by atoms with E-state index in [1.165, 1.54) is 16.8 Å². The zero-order chi connectivity index (χ0) is 26.3. The first kappa shape index (κ1) is 23.5. The van der Waals surface area contributed by atoms with Crippen LogP contribution in [-0.4, -0.2) is 55.8 Å². The van der Waals surface area contributed by atoms with Crippen LogP contribution in [0.1, 0.15) is 11.4 Å². The van der Waals surface area contributed by atoms with E-state index in [9.17, 15) is 8.78 Å². The molecule has 1 saturated heterocycles. The lowest BCUT2D eigenvalue weighted by Crippen LogP contribution is -2.37. The predicted octanol–water partition coefficient (Wildman–Crippen LogP) is 4.63. The molecule has 0 unspecified atom stereocenters. The van der Waals surface area contributed by atoms with Gasteiger partial charge < -0.3 is 24.5 Å². The topological polar surface area (TPSA) is 96.8 Å². The van der Waals surface area contributed by atoms with Gasteiger partial charge in [0.15, 0.2) is 28.6 Å². The highest BCUT2D eigenvalue weighted by molar-refractivity contribution is 5.85. The first-order chi connectivity index (χ1) is 19.1. The van der Waals surface area contributed by atoms with E-state index in [2.05, 4.69) is 55.5 Å². The fourth-order valence-corrected chi connectivity index (χ4v) is 4.93. The van der Waals surface area contributed by atoms with E-state index >= 15 is 0 Å². The van der Waals surface area contributed by atoms with E-state index in [4.69, 9.17) is 14.7 Å². The highest BCUT2D eigenvalue weighted by Crippen LogP contribution is 2.26. The van der Waals surface area contributed by atoms with Crippen molar-refractivity contribution in [2.45, 2.75) is 13.1 Å². The molecule has 4 heterocycles. The van der Waals surface area contributed by atoms with Gasteiger partial charge in [0.2, 0.25) is 5.95 Å². The van der Waals surface area contributed by atoms with Crippen LogP contribution in [0.5, 0.6) is 0 Å². The summed E-state index contributed by atoms with van der Waals surface area (Å²) >= 11 is 0. The van der Waals surface area contributed by atoms with Crippen LogP contribution in [-0.2, 0) is 17.8 Å². The number of halogens is 2. The Balaban J connectivity index is 1.24. The number of fused-ring (bicyclic) bond motifs is 3. The van der Waals surface area contributed by atoms with Gasteiger partial charge in [-0.05, 0) is 34.5 Å². The number of morpholine rings is 1. The summed E-state index contributed by atoms with van der Waals surface area (Å²) in [5.74, 6) is -0.346. The van der Waals surface area contributed by atoms with Gasteiger partial charge >= 0.3 is 0 Å². The third-order valence-electron chi connectivity index (χ3n) is 6.93. The Bertz CT molecular complexity index is 1830. The molecule has 6 aromatic rings. The average Bonchev–Trinajstić information content (AvgIpc) is 3.58. The van der Waals surface area contributed by atoms with Crippen molar-refractivity contribution in [1.29, 1.82) is 0 Å². The number of benzene rings is 3. The highest BCUT2D eigenvalue weighted by Gasteiger charge is 2.20. The zero-order valence-electron chi connectivity index (χ0n) is 20.9. The normalized spacial score (nSPS) is 14.1. The Hall–Kier alpha value is -4.64.